The highest BCUT2D eigenvalue weighted by Gasteiger charge is 2.34. The first-order chi connectivity index (χ1) is 9.08. The van der Waals surface area contributed by atoms with Crippen molar-refractivity contribution in [1.29, 1.82) is 0 Å². The fourth-order valence-corrected chi connectivity index (χ4v) is 2.91. The molecule has 19 heavy (non-hydrogen) atoms. The van der Waals surface area contributed by atoms with Crippen LogP contribution >= 0.6 is 0 Å². The van der Waals surface area contributed by atoms with Gasteiger partial charge in [0.2, 0.25) is 5.88 Å². The molecule has 0 aromatic carbocycles. The van der Waals surface area contributed by atoms with Crippen molar-refractivity contribution in [3.05, 3.63) is 12.1 Å². The zero-order valence-electron chi connectivity index (χ0n) is 11.6. The highest BCUT2D eigenvalue weighted by atomic mass is 16.5. The van der Waals surface area contributed by atoms with E-state index < -0.39 is 0 Å². The Hall–Kier alpha value is -1.49. The molecule has 1 aliphatic rings. The largest absolute Gasteiger partial charge is 0.479 e. The number of aromatic nitrogens is 1. The molecule has 106 valence electrons. The van der Waals surface area contributed by atoms with Gasteiger partial charge in [0.25, 0.3) is 0 Å². The first kappa shape index (κ1) is 13.9. The zero-order chi connectivity index (χ0) is 13.9. The second-order valence-electron chi connectivity index (χ2n) is 5.56. The van der Waals surface area contributed by atoms with Crippen LogP contribution in [0, 0.1) is 5.92 Å². The molecule has 1 heterocycles. The van der Waals surface area contributed by atoms with Gasteiger partial charge in [-0.3, -0.25) is 0 Å². The lowest BCUT2D eigenvalue weighted by Crippen LogP contribution is -2.46. The van der Waals surface area contributed by atoms with Crippen molar-refractivity contribution in [2.24, 2.45) is 5.92 Å². The van der Waals surface area contributed by atoms with Gasteiger partial charge in [0.05, 0.1) is 24.9 Å². The maximum atomic E-state index is 9.76. The Morgan fingerprint density at radius 1 is 1.58 bits per heavy atom. The van der Waals surface area contributed by atoms with E-state index in [1.807, 2.05) is 6.07 Å². The number of nitrogens with one attached hydrogen (secondary N) is 1. The molecule has 0 radical (unpaired) electrons. The van der Waals surface area contributed by atoms with Crippen molar-refractivity contribution < 1.29 is 9.84 Å². The monoisotopic (exact) mass is 265 g/mol. The number of methoxy groups -OCH3 is 1. The number of hydrogen-bond donors (Lipinski definition) is 3. The van der Waals surface area contributed by atoms with Gasteiger partial charge in [-0.15, -0.1) is 0 Å². The fourth-order valence-electron chi connectivity index (χ4n) is 2.91. The minimum atomic E-state index is -0.272. The van der Waals surface area contributed by atoms with Gasteiger partial charge in [0, 0.05) is 0 Å². The van der Waals surface area contributed by atoms with E-state index >= 15 is 0 Å². The van der Waals surface area contributed by atoms with Gasteiger partial charge in [-0.2, -0.15) is 4.98 Å². The number of anilines is 2. The second-order valence-corrected chi connectivity index (χ2v) is 5.56. The minimum absolute atomic E-state index is 0.117. The molecule has 5 heteroatoms. The molecular formula is C14H23N3O2. The molecule has 1 aromatic rings. The summed E-state index contributed by atoms with van der Waals surface area (Å²) in [4.78, 5) is 4.33. The van der Waals surface area contributed by atoms with Crippen LogP contribution in [-0.2, 0) is 0 Å². The summed E-state index contributed by atoms with van der Waals surface area (Å²) >= 11 is 0. The lowest BCUT2D eigenvalue weighted by Gasteiger charge is -2.39. The van der Waals surface area contributed by atoms with Crippen LogP contribution in [0.5, 0.6) is 5.88 Å². The molecule has 0 aliphatic heterocycles. The molecule has 0 saturated heterocycles. The Bertz CT molecular complexity index is 439. The maximum Gasteiger partial charge on any atom is 0.238 e. The summed E-state index contributed by atoms with van der Waals surface area (Å²) in [6.07, 6.45) is 4.27. The summed E-state index contributed by atoms with van der Waals surface area (Å²) in [5.41, 5.74) is 6.00. The van der Waals surface area contributed by atoms with Crippen molar-refractivity contribution >= 4 is 11.5 Å². The van der Waals surface area contributed by atoms with Crippen molar-refractivity contribution in [2.75, 3.05) is 24.8 Å². The quantitative estimate of drug-likeness (QED) is 0.776. The third-order valence-corrected chi connectivity index (χ3v) is 3.87. The lowest BCUT2D eigenvalue weighted by atomic mass is 9.77. The molecule has 1 saturated carbocycles. The van der Waals surface area contributed by atoms with Crippen LogP contribution in [0.3, 0.4) is 0 Å². The molecule has 0 spiro atoms. The van der Waals surface area contributed by atoms with Crippen LogP contribution in [0.25, 0.3) is 0 Å². The summed E-state index contributed by atoms with van der Waals surface area (Å²) in [6, 6.07) is 3.60. The number of aliphatic hydroxyl groups is 1. The predicted octanol–water partition coefficient (Wildman–Crippen LogP) is 2.03. The molecule has 1 aromatic heterocycles. The number of nitrogens with two attached hydrogens (primary N) is 1. The Balaban J connectivity index is 2.18. The van der Waals surface area contributed by atoms with Gasteiger partial charge in [0.15, 0.2) is 0 Å². The predicted molar refractivity (Wildman–Crippen MR) is 76.3 cm³/mol. The standard InChI is InChI=1S/C14H23N3O2/c1-10-4-3-7-14(8-10,9-18)17-12-6-5-11(15)13(16-12)19-2/h5-6,10,18H,3-4,7-9,15H2,1-2H3,(H,16,17). The molecule has 2 atom stereocenters. The van der Waals surface area contributed by atoms with E-state index in [0.29, 0.717) is 23.3 Å². The van der Waals surface area contributed by atoms with Gasteiger partial charge < -0.3 is 20.9 Å². The number of nitrogen functional groups attached to an aromatic ring is 1. The SMILES string of the molecule is COc1nc(NC2(CO)CCCC(C)C2)ccc1N. The summed E-state index contributed by atoms with van der Waals surface area (Å²) in [5, 5.41) is 13.1. The highest BCUT2D eigenvalue weighted by molar-refractivity contribution is 5.54. The van der Waals surface area contributed by atoms with Gasteiger partial charge in [0.1, 0.15) is 5.82 Å². The number of hydrogen-bond acceptors (Lipinski definition) is 5. The van der Waals surface area contributed by atoms with E-state index in [1.54, 1.807) is 13.2 Å². The number of nitrogens with zero attached hydrogens (tertiary/aromatic N) is 1. The van der Waals surface area contributed by atoms with E-state index in [0.717, 1.165) is 19.3 Å². The van der Waals surface area contributed by atoms with Gasteiger partial charge >= 0.3 is 0 Å². The molecule has 0 bridgehead atoms. The van der Waals surface area contributed by atoms with Crippen LogP contribution in [0.4, 0.5) is 11.5 Å². The first-order valence-electron chi connectivity index (χ1n) is 6.78. The molecule has 1 fully saturated rings. The average Bonchev–Trinajstić information content (AvgIpc) is 2.41. The number of rotatable bonds is 4. The normalized spacial score (nSPS) is 27.0. The van der Waals surface area contributed by atoms with Crippen LogP contribution in [0.1, 0.15) is 32.6 Å². The van der Waals surface area contributed by atoms with Crippen molar-refractivity contribution in [1.82, 2.24) is 4.98 Å². The summed E-state index contributed by atoms with van der Waals surface area (Å²) < 4.78 is 5.12. The van der Waals surface area contributed by atoms with E-state index in [2.05, 4.69) is 17.2 Å². The molecule has 5 nitrogen and oxygen atoms in total. The van der Waals surface area contributed by atoms with E-state index in [-0.39, 0.29) is 12.1 Å². The number of pyridine rings is 1. The van der Waals surface area contributed by atoms with Crippen molar-refractivity contribution in [3.63, 3.8) is 0 Å². The van der Waals surface area contributed by atoms with E-state index in [9.17, 15) is 5.11 Å². The van der Waals surface area contributed by atoms with Crippen LogP contribution < -0.4 is 15.8 Å². The minimum Gasteiger partial charge on any atom is -0.479 e. The molecule has 0 amide bonds. The lowest BCUT2D eigenvalue weighted by molar-refractivity contribution is 0.149. The van der Waals surface area contributed by atoms with Crippen molar-refractivity contribution in [3.8, 4) is 5.88 Å². The first-order valence-corrected chi connectivity index (χ1v) is 6.78. The Kier molecular flexibility index (Phi) is 4.14. The molecule has 1 aliphatic carbocycles. The van der Waals surface area contributed by atoms with Gasteiger partial charge in [-0.1, -0.05) is 19.8 Å². The third-order valence-electron chi connectivity index (χ3n) is 3.87. The van der Waals surface area contributed by atoms with Crippen LogP contribution in [-0.4, -0.2) is 29.3 Å². The van der Waals surface area contributed by atoms with E-state index in [1.165, 1.54) is 6.42 Å². The summed E-state index contributed by atoms with van der Waals surface area (Å²) in [5.74, 6) is 1.74. The molecule has 2 rings (SSSR count). The topological polar surface area (TPSA) is 80.4 Å². The molecule has 4 N–H and O–H groups in total. The Morgan fingerprint density at radius 2 is 2.37 bits per heavy atom. The number of aliphatic hydroxyl groups excluding tert-OH is 1. The summed E-state index contributed by atoms with van der Waals surface area (Å²) in [7, 11) is 1.55. The van der Waals surface area contributed by atoms with Gasteiger partial charge in [-0.05, 0) is 30.9 Å². The van der Waals surface area contributed by atoms with Crippen LogP contribution in [0.2, 0.25) is 0 Å². The van der Waals surface area contributed by atoms with Gasteiger partial charge in [-0.25, -0.2) is 0 Å². The second kappa shape index (κ2) is 5.65. The average molecular weight is 265 g/mol. The zero-order valence-corrected chi connectivity index (χ0v) is 11.6. The Morgan fingerprint density at radius 3 is 3.00 bits per heavy atom. The van der Waals surface area contributed by atoms with E-state index in [4.69, 9.17) is 10.5 Å². The van der Waals surface area contributed by atoms with Crippen LogP contribution in [0.15, 0.2) is 12.1 Å². The maximum absolute atomic E-state index is 9.76. The Labute approximate surface area is 114 Å². The third kappa shape index (κ3) is 3.10. The fraction of sp³-hybridized carbons (Fsp3) is 0.643. The highest BCUT2D eigenvalue weighted by Crippen LogP contribution is 2.35. The number of ether oxygens (including phenoxy) is 1. The van der Waals surface area contributed by atoms with Crippen molar-refractivity contribution in [2.45, 2.75) is 38.1 Å². The summed E-state index contributed by atoms with van der Waals surface area (Å²) in [6.45, 7) is 2.34. The smallest absolute Gasteiger partial charge is 0.238 e. The molecule has 2 unspecified atom stereocenters. The molecular weight excluding hydrogens is 242 g/mol.